The van der Waals surface area contributed by atoms with Crippen molar-refractivity contribution in [1.29, 1.82) is 0 Å². The van der Waals surface area contributed by atoms with Crippen molar-refractivity contribution in [2.45, 2.75) is 75.6 Å². The Kier molecular flexibility index (Phi) is 9.36. The Bertz CT molecular complexity index is 1640. The van der Waals surface area contributed by atoms with Gasteiger partial charge in [0, 0.05) is 41.9 Å². The molecule has 3 aromatic heterocycles. The summed E-state index contributed by atoms with van der Waals surface area (Å²) in [6.45, 7) is 1.37. The molecule has 0 aliphatic carbocycles. The number of carboxylic acid groups (broad SMARTS) is 1. The summed E-state index contributed by atoms with van der Waals surface area (Å²) in [6.07, 6.45) is -8.65. The average molecular weight is 710 g/mol. The predicted molar refractivity (Wildman–Crippen MR) is 156 cm³/mol. The average Bonchev–Trinajstić information content (AvgIpc) is 3.61. The Morgan fingerprint density at radius 1 is 1.15 bits per heavy atom. The van der Waals surface area contributed by atoms with Crippen molar-refractivity contribution in [3.63, 3.8) is 0 Å². The number of hydrogen-bond acceptors (Lipinski definition) is 7. The van der Waals surface area contributed by atoms with Crippen LogP contribution in [0.4, 0.5) is 26.3 Å². The van der Waals surface area contributed by atoms with Gasteiger partial charge < -0.3 is 19.6 Å². The molecule has 1 saturated heterocycles. The summed E-state index contributed by atoms with van der Waals surface area (Å²) < 4.78 is 89.0. The summed E-state index contributed by atoms with van der Waals surface area (Å²) in [5, 5.41) is 11.2. The lowest BCUT2D eigenvalue weighted by atomic mass is 9.79. The highest BCUT2D eigenvalue weighted by molar-refractivity contribution is 7.16. The van der Waals surface area contributed by atoms with Crippen molar-refractivity contribution in [2.24, 2.45) is 0 Å². The van der Waals surface area contributed by atoms with Crippen molar-refractivity contribution in [3.05, 3.63) is 66.8 Å². The van der Waals surface area contributed by atoms with E-state index in [4.69, 9.17) is 16.3 Å². The number of carboxylic acids is 1. The van der Waals surface area contributed by atoms with Gasteiger partial charge in [-0.3, -0.25) is 14.6 Å². The van der Waals surface area contributed by atoms with Crippen LogP contribution >= 0.6 is 34.3 Å². The third kappa shape index (κ3) is 6.43. The summed E-state index contributed by atoms with van der Waals surface area (Å²) in [6, 6.07) is 1.31. The first-order valence-corrected chi connectivity index (χ1v) is 16.1. The number of rotatable bonds is 7. The molecule has 5 rings (SSSR count). The van der Waals surface area contributed by atoms with E-state index < -0.39 is 64.0 Å². The van der Waals surface area contributed by atoms with Gasteiger partial charge in [-0.15, -0.1) is 22.7 Å². The summed E-state index contributed by atoms with van der Waals surface area (Å²) in [4.78, 5) is 46.5. The number of halogens is 7. The van der Waals surface area contributed by atoms with Gasteiger partial charge in [0.1, 0.15) is 22.4 Å². The molecule has 1 fully saturated rings. The molecular formula is C29H26ClF6N3O5S2. The molecule has 2 amide bonds. The molecular weight excluding hydrogens is 684 g/mol. The number of amides is 2. The molecule has 248 valence electrons. The number of ether oxygens (including phenoxy) is 1. The van der Waals surface area contributed by atoms with Crippen LogP contribution in [0.2, 0.25) is 4.34 Å². The number of piperidine rings is 1. The molecule has 2 aliphatic rings. The van der Waals surface area contributed by atoms with Gasteiger partial charge in [-0.05, 0) is 36.6 Å². The Labute approximate surface area is 271 Å². The zero-order chi connectivity index (χ0) is 33.6. The lowest BCUT2D eigenvalue weighted by molar-refractivity contribution is -0.168. The first-order chi connectivity index (χ1) is 21.6. The standard InChI is InChI=1S/C29H26ClF6N3O5S2/c1-2-5-20-27(44-16-12-21(45-14-16)29(34,35)36,26(43)39-13-19-15(11-22(30)46-19)10-18(39)25(41)42)7-4-9-38(20)24(40)23-17(28(31,32)33)6-3-8-37-23/h3,6,8,11-12,14,18,20H,2,4-5,7,9-10,13H2,1H3,(H,41,42)/t18?,20-,27+/m1/s1. The molecule has 2 aliphatic heterocycles. The van der Waals surface area contributed by atoms with E-state index >= 15 is 0 Å². The molecule has 5 heterocycles. The predicted octanol–water partition coefficient (Wildman–Crippen LogP) is 7.16. The van der Waals surface area contributed by atoms with Crippen molar-refractivity contribution in [3.8, 4) is 5.75 Å². The minimum atomic E-state index is -4.94. The summed E-state index contributed by atoms with van der Waals surface area (Å²) in [7, 11) is 0. The lowest BCUT2D eigenvalue weighted by Gasteiger charge is -2.50. The topological polar surface area (TPSA) is 100 Å². The van der Waals surface area contributed by atoms with Crippen LogP contribution < -0.4 is 4.74 Å². The molecule has 3 aromatic rings. The fraction of sp³-hybridized carbons (Fsp3) is 0.448. The molecule has 1 unspecified atom stereocenters. The highest BCUT2D eigenvalue weighted by Gasteiger charge is 2.57. The van der Waals surface area contributed by atoms with E-state index in [1.54, 1.807) is 13.0 Å². The number of carbonyl (C=O) groups excluding carboxylic acids is 2. The molecule has 0 spiro atoms. The van der Waals surface area contributed by atoms with Crippen LogP contribution in [-0.4, -0.2) is 61.9 Å². The van der Waals surface area contributed by atoms with Crippen LogP contribution in [0.3, 0.4) is 0 Å². The number of pyridine rings is 1. The largest absolute Gasteiger partial charge is 0.480 e. The van der Waals surface area contributed by atoms with Crippen LogP contribution in [-0.2, 0) is 34.9 Å². The highest BCUT2D eigenvalue weighted by atomic mass is 35.5. The summed E-state index contributed by atoms with van der Waals surface area (Å²) >= 11 is 7.62. The zero-order valence-corrected chi connectivity index (χ0v) is 26.3. The van der Waals surface area contributed by atoms with Gasteiger partial charge in [0.25, 0.3) is 11.8 Å². The molecule has 8 nitrogen and oxygen atoms in total. The SMILES string of the molecule is CCC[C@H]1N(C(=O)c2ncccc2C(F)(F)F)CCC[C@@]1(Oc1csc(C(F)(F)F)c1)C(=O)N1Cc2sc(Cl)cc2CC1C(=O)O. The van der Waals surface area contributed by atoms with E-state index in [1.807, 2.05) is 0 Å². The summed E-state index contributed by atoms with van der Waals surface area (Å²) in [5.41, 5.74) is -3.74. The number of thiophene rings is 2. The summed E-state index contributed by atoms with van der Waals surface area (Å²) in [5.74, 6) is -3.76. The fourth-order valence-corrected chi connectivity index (χ4v) is 8.07. The minimum absolute atomic E-state index is 0.00377. The Balaban J connectivity index is 1.64. The van der Waals surface area contributed by atoms with Crippen LogP contribution in [0.25, 0.3) is 0 Å². The van der Waals surface area contributed by atoms with Gasteiger partial charge in [-0.25, -0.2) is 4.79 Å². The van der Waals surface area contributed by atoms with Crippen molar-refractivity contribution in [1.82, 2.24) is 14.8 Å². The quantitative estimate of drug-likeness (QED) is 0.262. The van der Waals surface area contributed by atoms with E-state index in [0.717, 1.165) is 38.8 Å². The number of likely N-dealkylation sites (tertiary alicyclic amines) is 1. The number of hydrogen-bond donors (Lipinski definition) is 1. The van der Waals surface area contributed by atoms with Crippen molar-refractivity contribution >= 4 is 52.1 Å². The number of nitrogens with zero attached hydrogens (tertiary/aromatic N) is 3. The van der Waals surface area contributed by atoms with Gasteiger partial charge in [-0.2, -0.15) is 26.3 Å². The van der Waals surface area contributed by atoms with Gasteiger partial charge in [-0.1, -0.05) is 24.9 Å². The molecule has 3 atom stereocenters. The molecule has 0 saturated carbocycles. The monoisotopic (exact) mass is 709 g/mol. The fourth-order valence-electron chi connectivity index (χ4n) is 6.07. The Hall–Kier alpha value is -3.37. The first kappa shape index (κ1) is 34.0. The minimum Gasteiger partial charge on any atom is -0.480 e. The molecule has 17 heteroatoms. The van der Waals surface area contributed by atoms with E-state index in [0.29, 0.717) is 38.2 Å². The molecule has 0 bridgehead atoms. The smallest absolute Gasteiger partial charge is 0.425 e. The van der Waals surface area contributed by atoms with Crippen LogP contribution in [0.15, 0.2) is 35.8 Å². The normalized spacial score (nSPS) is 22.0. The molecule has 46 heavy (non-hydrogen) atoms. The number of aliphatic carboxylic acids is 1. The zero-order valence-electron chi connectivity index (χ0n) is 24.0. The van der Waals surface area contributed by atoms with Crippen LogP contribution in [0.1, 0.15) is 64.0 Å². The maximum absolute atomic E-state index is 14.8. The van der Waals surface area contributed by atoms with Gasteiger partial charge in [0.05, 0.1) is 22.5 Å². The van der Waals surface area contributed by atoms with E-state index in [9.17, 15) is 45.8 Å². The van der Waals surface area contributed by atoms with Crippen LogP contribution in [0.5, 0.6) is 5.75 Å². The number of fused-ring (bicyclic) bond motifs is 1. The lowest BCUT2D eigenvalue weighted by Crippen LogP contribution is -2.69. The second-order valence-corrected chi connectivity index (χ2v) is 13.6. The third-order valence-corrected chi connectivity index (χ3v) is 10.3. The maximum Gasteiger partial charge on any atom is 0.425 e. The van der Waals surface area contributed by atoms with E-state index in [-0.39, 0.29) is 50.9 Å². The second kappa shape index (κ2) is 12.7. The Morgan fingerprint density at radius 3 is 2.52 bits per heavy atom. The molecule has 0 aromatic carbocycles. The molecule has 1 N–H and O–H groups in total. The number of aromatic nitrogens is 1. The Morgan fingerprint density at radius 2 is 1.89 bits per heavy atom. The number of alkyl halides is 6. The van der Waals surface area contributed by atoms with Gasteiger partial charge in [0.15, 0.2) is 0 Å². The van der Waals surface area contributed by atoms with E-state index in [1.165, 1.54) is 0 Å². The van der Waals surface area contributed by atoms with Crippen LogP contribution in [0, 0.1) is 0 Å². The van der Waals surface area contributed by atoms with Gasteiger partial charge in [0.2, 0.25) is 5.60 Å². The van der Waals surface area contributed by atoms with Gasteiger partial charge >= 0.3 is 18.3 Å². The van der Waals surface area contributed by atoms with Crippen molar-refractivity contribution in [2.75, 3.05) is 6.54 Å². The third-order valence-electron chi connectivity index (χ3n) is 8.03. The number of carbonyl (C=O) groups is 3. The molecule has 0 radical (unpaired) electrons. The highest BCUT2D eigenvalue weighted by Crippen LogP contribution is 2.44. The van der Waals surface area contributed by atoms with Crippen molar-refractivity contribution < 1.29 is 50.6 Å². The maximum atomic E-state index is 14.8. The first-order valence-electron chi connectivity index (χ1n) is 14.1. The second-order valence-electron chi connectivity index (χ2n) is 10.9. The van der Waals surface area contributed by atoms with E-state index in [2.05, 4.69) is 4.98 Å².